The first-order valence-corrected chi connectivity index (χ1v) is 11.0. The van der Waals surface area contributed by atoms with Gasteiger partial charge in [-0.25, -0.2) is 0 Å². The van der Waals surface area contributed by atoms with Crippen LogP contribution in [0.2, 0.25) is 0 Å². The maximum Gasteiger partial charge on any atom is 0.253 e. The first-order valence-electron chi connectivity index (χ1n) is 10.0. The molecule has 2 aromatic rings. The maximum absolute atomic E-state index is 12.1. The minimum Gasteiger partial charge on any atom is -0.357 e. The Morgan fingerprint density at radius 3 is 2.50 bits per heavy atom. The lowest BCUT2D eigenvalue weighted by Crippen LogP contribution is -2.38. The predicted molar refractivity (Wildman–Crippen MR) is 139 cm³/mol. The van der Waals surface area contributed by atoms with E-state index in [1.165, 1.54) is 10.5 Å². The van der Waals surface area contributed by atoms with Crippen molar-refractivity contribution in [3.63, 3.8) is 0 Å². The number of aryl methyl sites for hydroxylation is 1. The molecule has 0 spiro atoms. The van der Waals surface area contributed by atoms with Gasteiger partial charge in [-0.15, -0.1) is 35.7 Å². The first kappa shape index (κ1) is 26.3. The first-order chi connectivity index (χ1) is 14.0. The van der Waals surface area contributed by atoms with E-state index in [-0.39, 0.29) is 29.9 Å². The molecule has 0 aliphatic heterocycles. The number of aliphatic imine (C=N–C) groups is 1. The van der Waals surface area contributed by atoms with Gasteiger partial charge < -0.3 is 15.5 Å². The predicted octanol–water partition coefficient (Wildman–Crippen LogP) is 4.20. The summed E-state index contributed by atoms with van der Waals surface area (Å²) in [5.41, 5.74) is 3.12. The topological polar surface area (TPSA) is 56.7 Å². The second-order valence-electron chi connectivity index (χ2n) is 7.00. The lowest BCUT2D eigenvalue weighted by molar-refractivity contribution is 0.0827. The number of benzene rings is 2. The van der Waals surface area contributed by atoms with Crippen molar-refractivity contribution in [2.24, 2.45) is 4.99 Å². The van der Waals surface area contributed by atoms with Crippen molar-refractivity contribution in [1.29, 1.82) is 0 Å². The average Bonchev–Trinajstić information content (AvgIpc) is 2.72. The Hall–Kier alpha value is -1.74. The van der Waals surface area contributed by atoms with E-state index in [1.54, 1.807) is 19.0 Å². The van der Waals surface area contributed by atoms with Crippen LogP contribution in [0.15, 0.2) is 58.4 Å². The van der Waals surface area contributed by atoms with Gasteiger partial charge in [0.2, 0.25) is 0 Å². The zero-order valence-corrected chi connectivity index (χ0v) is 21.4. The van der Waals surface area contributed by atoms with Crippen molar-refractivity contribution in [2.75, 3.05) is 39.5 Å². The van der Waals surface area contributed by atoms with E-state index in [0.29, 0.717) is 6.54 Å². The van der Waals surface area contributed by atoms with Gasteiger partial charge in [-0.05, 0) is 50.1 Å². The smallest absolute Gasteiger partial charge is 0.253 e. The van der Waals surface area contributed by atoms with Gasteiger partial charge in [0.1, 0.15) is 0 Å². The van der Waals surface area contributed by atoms with Crippen LogP contribution in [0.4, 0.5) is 0 Å². The zero-order valence-electron chi connectivity index (χ0n) is 18.3. The van der Waals surface area contributed by atoms with E-state index >= 15 is 0 Å². The minimum absolute atomic E-state index is 0. The average molecular weight is 541 g/mol. The monoisotopic (exact) mass is 540 g/mol. The molecule has 1 amide bonds. The summed E-state index contributed by atoms with van der Waals surface area (Å²) in [5.74, 6) is 1.83. The van der Waals surface area contributed by atoms with Crippen LogP contribution in [-0.4, -0.2) is 56.2 Å². The minimum atomic E-state index is 0. The largest absolute Gasteiger partial charge is 0.357 e. The maximum atomic E-state index is 12.1. The molecule has 164 valence electrons. The molecule has 0 radical (unpaired) electrons. The summed E-state index contributed by atoms with van der Waals surface area (Å²) in [6, 6.07) is 16.4. The second-order valence-corrected chi connectivity index (χ2v) is 8.17. The van der Waals surface area contributed by atoms with Crippen LogP contribution in [0.5, 0.6) is 0 Å². The SMILES string of the molecule is CCNC(=NCCc1cccc(C(=O)N(C)C)c1)NCCSc1ccc(C)cc1.I. The molecule has 0 unspecified atom stereocenters. The van der Waals surface area contributed by atoms with Crippen LogP contribution in [0, 0.1) is 6.92 Å². The summed E-state index contributed by atoms with van der Waals surface area (Å²) >= 11 is 1.84. The highest BCUT2D eigenvalue weighted by Crippen LogP contribution is 2.17. The van der Waals surface area contributed by atoms with Crippen LogP contribution < -0.4 is 10.6 Å². The lowest BCUT2D eigenvalue weighted by Gasteiger charge is -2.12. The fraction of sp³-hybridized carbons (Fsp3) is 0.391. The summed E-state index contributed by atoms with van der Waals surface area (Å²) < 4.78 is 0. The summed E-state index contributed by atoms with van der Waals surface area (Å²) in [6.07, 6.45) is 0.795. The van der Waals surface area contributed by atoms with Gasteiger partial charge in [-0.3, -0.25) is 9.79 Å². The second kappa shape index (κ2) is 14.3. The molecule has 0 saturated heterocycles. The molecule has 2 N–H and O–H groups in total. The summed E-state index contributed by atoms with van der Waals surface area (Å²) in [4.78, 5) is 19.7. The highest BCUT2D eigenvalue weighted by molar-refractivity contribution is 14.0. The highest BCUT2D eigenvalue weighted by Gasteiger charge is 2.08. The van der Waals surface area contributed by atoms with Crippen molar-refractivity contribution in [2.45, 2.75) is 25.2 Å². The third kappa shape index (κ3) is 9.38. The number of amides is 1. The summed E-state index contributed by atoms with van der Waals surface area (Å²) in [7, 11) is 3.54. The molecule has 2 rings (SSSR count). The molecule has 0 aliphatic carbocycles. The number of halogens is 1. The Balaban J connectivity index is 0.00000450. The number of nitrogens with zero attached hydrogens (tertiary/aromatic N) is 2. The van der Waals surface area contributed by atoms with Gasteiger partial charge in [-0.1, -0.05) is 29.8 Å². The van der Waals surface area contributed by atoms with E-state index in [9.17, 15) is 4.79 Å². The molecular weight excluding hydrogens is 507 g/mol. The number of rotatable bonds is 9. The van der Waals surface area contributed by atoms with Crippen LogP contribution in [0.25, 0.3) is 0 Å². The molecule has 0 fully saturated rings. The fourth-order valence-corrected chi connectivity index (χ4v) is 3.50. The number of hydrogen-bond donors (Lipinski definition) is 2. The Morgan fingerprint density at radius 2 is 1.83 bits per heavy atom. The summed E-state index contributed by atoms with van der Waals surface area (Å²) in [6.45, 7) is 6.50. The molecule has 0 heterocycles. The normalized spacial score (nSPS) is 10.9. The number of guanidine groups is 1. The van der Waals surface area contributed by atoms with E-state index in [1.807, 2.05) is 36.0 Å². The third-order valence-corrected chi connectivity index (χ3v) is 5.29. The molecule has 5 nitrogen and oxygen atoms in total. The van der Waals surface area contributed by atoms with Crippen LogP contribution >= 0.6 is 35.7 Å². The standard InChI is InChI=1S/C23H32N4OS.HI/c1-5-24-23(26-15-16-29-21-11-9-18(2)10-12-21)25-14-13-19-7-6-8-20(17-19)22(28)27(3)4;/h6-12,17H,5,13-16H2,1-4H3,(H2,24,25,26);1H. The Kier molecular flexibility index (Phi) is 12.5. The third-order valence-electron chi connectivity index (χ3n) is 4.28. The molecule has 7 heteroatoms. The van der Waals surface area contributed by atoms with E-state index in [4.69, 9.17) is 0 Å². The van der Waals surface area contributed by atoms with E-state index in [0.717, 1.165) is 42.3 Å². The van der Waals surface area contributed by atoms with Crippen LogP contribution in [0.1, 0.15) is 28.4 Å². The molecule has 2 aromatic carbocycles. The zero-order chi connectivity index (χ0) is 21.1. The van der Waals surface area contributed by atoms with Gasteiger partial charge in [0.25, 0.3) is 5.91 Å². The molecule has 0 aromatic heterocycles. The number of thioether (sulfide) groups is 1. The van der Waals surface area contributed by atoms with Gasteiger partial charge in [-0.2, -0.15) is 0 Å². The van der Waals surface area contributed by atoms with Crippen molar-refractivity contribution in [1.82, 2.24) is 15.5 Å². The summed E-state index contributed by atoms with van der Waals surface area (Å²) in [5, 5.41) is 6.68. The lowest BCUT2D eigenvalue weighted by atomic mass is 10.1. The van der Waals surface area contributed by atoms with E-state index in [2.05, 4.69) is 53.7 Å². The number of hydrogen-bond acceptors (Lipinski definition) is 3. The molecular formula is C23H33IN4OS. The Morgan fingerprint density at radius 1 is 1.10 bits per heavy atom. The van der Waals surface area contributed by atoms with Gasteiger partial charge in [0, 0.05) is 49.9 Å². The molecule has 0 atom stereocenters. The Bertz CT molecular complexity index is 809. The van der Waals surface area contributed by atoms with Crippen LogP contribution in [-0.2, 0) is 6.42 Å². The van der Waals surface area contributed by atoms with Crippen molar-refractivity contribution >= 4 is 47.6 Å². The number of carbonyl (C=O) groups excluding carboxylic acids is 1. The van der Waals surface area contributed by atoms with Gasteiger partial charge >= 0.3 is 0 Å². The van der Waals surface area contributed by atoms with E-state index < -0.39 is 0 Å². The number of nitrogens with one attached hydrogen (secondary N) is 2. The molecule has 0 saturated carbocycles. The molecule has 0 aliphatic rings. The van der Waals surface area contributed by atoms with Crippen molar-refractivity contribution in [3.8, 4) is 0 Å². The highest BCUT2D eigenvalue weighted by atomic mass is 127. The fourth-order valence-electron chi connectivity index (χ4n) is 2.73. The van der Waals surface area contributed by atoms with Gasteiger partial charge in [0.15, 0.2) is 5.96 Å². The van der Waals surface area contributed by atoms with Crippen LogP contribution in [0.3, 0.4) is 0 Å². The number of carbonyl (C=O) groups is 1. The van der Waals surface area contributed by atoms with Gasteiger partial charge in [0.05, 0.1) is 0 Å². The Labute approximate surface area is 202 Å². The van der Waals surface area contributed by atoms with Crippen molar-refractivity contribution < 1.29 is 4.79 Å². The quantitative estimate of drug-likeness (QED) is 0.165. The van der Waals surface area contributed by atoms with Crippen molar-refractivity contribution in [3.05, 3.63) is 65.2 Å². The molecule has 0 bridgehead atoms. The molecule has 30 heavy (non-hydrogen) atoms.